The zero-order valence-corrected chi connectivity index (χ0v) is 10.2. The number of aromatic amines is 1. The maximum atomic E-state index is 5.98. The molecular weight excluding hydrogens is 224 g/mol. The second kappa shape index (κ2) is 3.87. The molecule has 0 bridgehead atoms. The molecule has 16 heavy (non-hydrogen) atoms. The van der Waals surface area contributed by atoms with E-state index in [2.05, 4.69) is 40.7 Å². The summed E-state index contributed by atoms with van der Waals surface area (Å²) in [6.45, 7) is 6.24. The summed E-state index contributed by atoms with van der Waals surface area (Å²) in [5, 5.41) is 0.436. The number of aromatic nitrogens is 4. The molecule has 0 aromatic carbocycles. The Morgan fingerprint density at radius 3 is 2.56 bits per heavy atom. The molecule has 2 rings (SSSR count). The van der Waals surface area contributed by atoms with Crippen LogP contribution in [-0.4, -0.2) is 19.9 Å². The maximum Gasteiger partial charge on any atom is 0.197 e. The van der Waals surface area contributed by atoms with Gasteiger partial charge in [-0.3, -0.25) is 0 Å². The van der Waals surface area contributed by atoms with Crippen LogP contribution in [0.25, 0.3) is 11.6 Å². The molecule has 2 heterocycles. The first-order chi connectivity index (χ1) is 7.47. The summed E-state index contributed by atoms with van der Waals surface area (Å²) >= 11 is 5.98. The van der Waals surface area contributed by atoms with Crippen molar-refractivity contribution in [3.63, 3.8) is 0 Å². The SMILES string of the molecule is CC(C)(C)c1cc(Cl)nc(-c2ncc[nH]2)n1. The van der Waals surface area contributed by atoms with Gasteiger partial charge in [-0.15, -0.1) is 0 Å². The quantitative estimate of drug-likeness (QED) is 0.775. The van der Waals surface area contributed by atoms with E-state index in [9.17, 15) is 0 Å². The van der Waals surface area contributed by atoms with E-state index in [-0.39, 0.29) is 5.41 Å². The van der Waals surface area contributed by atoms with Crippen LogP contribution in [0.3, 0.4) is 0 Å². The lowest BCUT2D eigenvalue weighted by molar-refractivity contribution is 0.567. The molecule has 84 valence electrons. The fourth-order valence-corrected chi connectivity index (χ4v) is 1.48. The normalized spacial score (nSPS) is 11.8. The number of nitrogens with one attached hydrogen (secondary N) is 1. The van der Waals surface area contributed by atoms with E-state index in [4.69, 9.17) is 11.6 Å². The lowest BCUT2D eigenvalue weighted by Gasteiger charge is -2.17. The average molecular weight is 237 g/mol. The van der Waals surface area contributed by atoms with Gasteiger partial charge in [0.05, 0.1) is 5.69 Å². The Morgan fingerprint density at radius 1 is 1.25 bits per heavy atom. The van der Waals surface area contributed by atoms with Gasteiger partial charge in [0.25, 0.3) is 0 Å². The average Bonchev–Trinajstić information content (AvgIpc) is 2.68. The molecule has 4 nitrogen and oxygen atoms in total. The van der Waals surface area contributed by atoms with Gasteiger partial charge in [-0.05, 0) is 6.07 Å². The van der Waals surface area contributed by atoms with E-state index in [1.807, 2.05) is 0 Å². The van der Waals surface area contributed by atoms with E-state index in [1.165, 1.54) is 0 Å². The Labute approximate surface area is 99.1 Å². The zero-order valence-electron chi connectivity index (χ0n) is 9.45. The summed E-state index contributed by atoms with van der Waals surface area (Å²) in [5.41, 5.74) is 0.840. The molecule has 5 heteroatoms. The summed E-state index contributed by atoms with van der Waals surface area (Å²) in [7, 11) is 0. The predicted molar refractivity (Wildman–Crippen MR) is 63.3 cm³/mol. The molecule has 0 fully saturated rings. The minimum atomic E-state index is -0.0616. The fraction of sp³-hybridized carbons (Fsp3) is 0.364. The van der Waals surface area contributed by atoms with Gasteiger partial charge in [-0.2, -0.15) is 0 Å². The highest BCUT2D eigenvalue weighted by Gasteiger charge is 2.18. The molecule has 0 saturated carbocycles. The van der Waals surface area contributed by atoms with Crippen LogP contribution in [0.5, 0.6) is 0 Å². The minimum Gasteiger partial charge on any atom is -0.342 e. The molecule has 0 aliphatic rings. The maximum absolute atomic E-state index is 5.98. The second-order valence-corrected chi connectivity index (χ2v) is 4.97. The third-order valence-electron chi connectivity index (χ3n) is 2.17. The summed E-state index contributed by atoms with van der Waals surface area (Å²) in [4.78, 5) is 15.7. The van der Waals surface area contributed by atoms with Gasteiger partial charge in [0.2, 0.25) is 0 Å². The van der Waals surface area contributed by atoms with Crippen LogP contribution in [-0.2, 0) is 5.41 Å². The highest BCUT2D eigenvalue weighted by atomic mass is 35.5. The second-order valence-electron chi connectivity index (χ2n) is 4.59. The highest BCUT2D eigenvalue weighted by molar-refractivity contribution is 6.29. The Kier molecular flexibility index (Phi) is 2.68. The van der Waals surface area contributed by atoms with E-state index in [0.717, 1.165) is 5.69 Å². The molecule has 2 aromatic heterocycles. The molecular formula is C11H13ClN4. The van der Waals surface area contributed by atoms with Crippen molar-refractivity contribution in [3.05, 3.63) is 29.3 Å². The van der Waals surface area contributed by atoms with Crippen molar-refractivity contribution in [2.24, 2.45) is 0 Å². The van der Waals surface area contributed by atoms with Gasteiger partial charge in [0.1, 0.15) is 5.15 Å². The third-order valence-corrected chi connectivity index (χ3v) is 2.37. The predicted octanol–water partition coefficient (Wildman–Crippen LogP) is 2.82. The van der Waals surface area contributed by atoms with Crippen molar-refractivity contribution in [1.29, 1.82) is 0 Å². The molecule has 0 spiro atoms. The van der Waals surface area contributed by atoms with Gasteiger partial charge in [0.15, 0.2) is 11.6 Å². The van der Waals surface area contributed by atoms with Gasteiger partial charge in [0, 0.05) is 17.8 Å². The van der Waals surface area contributed by atoms with Crippen LogP contribution in [0.1, 0.15) is 26.5 Å². The van der Waals surface area contributed by atoms with Crippen molar-refractivity contribution in [2.45, 2.75) is 26.2 Å². The Hall–Kier alpha value is -1.42. The smallest absolute Gasteiger partial charge is 0.197 e. The minimum absolute atomic E-state index is 0.0616. The zero-order chi connectivity index (χ0) is 11.8. The molecule has 0 amide bonds. The first-order valence-electron chi connectivity index (χ1n) is 5.01. The molecule has 0 saturated heterocycles. The number of nitrogens with zero attached hydrogens (tertiary/aromatic N) is 3. The Morgan fingerprint density at radius 2 is 2.00 bits per heavy atom. The van der Waals surface area contributed by atoms with E-state index < -0.39 is 0 Å². The number of imidazole rings is 1. The molecule has 0 atom stereocenters. The van der Waals surface area contributed by atoms with Crippen molar-refractivity contribution >= 4 is 11.6 Å². The molecule has 0 radical (unpaired) electrons. The van der Waals surface area contributed by atoms with E-state index in [1.54, 1.807) is 18.5 Å². The van der Waals surface area contributed by atoms with Gasteiger partial charge in [-0.1, -0.05) is 32.4 Å². The molecule has 0 aliphatic heterocycles. The van der Waals surface area contributed by atoms with Crippen LogP contribution >= 0.6 is 11.6 Å². The van der Waals surface area contributed by atoms with Crippen LogP contribution < -0.4 is 0 Å². The van der Waals surface area contributed by atoms with Crippen molar-refractivity contribution in [3.8, 4) is 11.6 Å². The fourth-order valence-electron chi connectivity index (χ4n) is 1.30. The number of rotatable bonds is 1. The molecule has 0 unspecified atom stereocenters. The topological polar surface area (TPSA) is 54.5 Å². The van der Waals surface area contributed by atoms with Gasteiger partial charge in [-0.25, -0.2) is 15.0 Å². The van der Waals surface area contributed by atoms with E-state index in [0.29, 0.717) is 16.8 Å². The summed E-state index contributed by atoms with van der Waals surface area (Å²) < 4.78 is 0. The summed E-state index contributed by atoms with van der Waals surface area (Å²) in [5.74, 6) is 1.16. The van der Waals surface area contributed by atoms with Crippen LogP contribution in [0.15, 0.2) is 18.5 Å². The lowest BCUT2D eigenvalue weighted by Crippen LogP contribution is -2.14. The number of hydrogen-bond acceptors (Lipinski definition) is 3. The van der Waals surface area contributed by atoms with Crippen molar-refractivity contribution in [1.82, 2.24) is 19.9 Å². The van der Waals surface area contributed by atoms with Crippen LogP contribution in [0.2, 0.25) is 5.15 Å². The van der Waals surface area contributed by atoms with Crippen molar-refractivity contribution in [2.75, 3.05) is 0 Å². The number of H-pyrrole nitrogens is 1. The third kappa shape index (κ3) is 2.22. The summed E-state index contributed by atoms with van der Waals surface area (Å²) in [6.07, 6.45) is 3.40. The highest BCUT2D eigenvalue weighted by Crippen LogP contribution is 2.24. The monoisotopic (exact) mass is 236 g/mol. The van der Waals surface area contributed by atoms with Crippen molar-refractivity contribution < 1.29 is 0 Å². The Bertz CT molecular complexity index is 485. The van der Waals surface area contributed by atoms with Gasteiger partial charge >= 0.3 is 0 Å². The Balaban J connectivity index is 2.53. The first-order valence-corrected chi connectivity index (χ1v) is 5.39. The standard InChI is InChI=1S/C11H13ClN4/c1-11(2,3)7-6-8(12)16-10(15-7)9-13-4-5-14-9/h4-6H,1-3H3,(H,13,14). The summed E-state index contributed by atoms with van der Waals surface area (Å²) in [6, 6.07) is 1.79. The largest absolute Gasteiger partial charge is 0.342 e. The van der Waals surface area contributed by atoms with Crippen LogP contribution in [0, 0.1) is 0 Å². The van der Waals surface area contributed by atoms with E-state index >= 15 is 0 Å². The molecule has 2 aromatic rings. The first kappa shape index (κ1) is 11.1. The number of halogens is 1. The number of hydrogen-bond donors (Lipinski definition) is 1. The van der Waals surface area contributed by atoms with Crippen LogP contribution in [0.4, 0.5) is 0 Å². The lowest BCUT2D eigenvalue weighted by atomic mass is 9.92. The molecule has 0 aliphatic carbocycles. The molecule has 1 N–H and O–H groups in total. The van der Waals surface area contributed by atoms with Gasteiger partial charge < -0.3 is 4.98 Å².